The van der Waals surface area contributed by atoms with Crippen LogP contribution in [0.4, 0.5) is 11.4 Å². The summed E-state index contributed by atoms with van der Waals surface area (Å²) in [4.78, 5) is 0.235. The highest BCUT2D eigenvalue weighted by Crippen LogP contribution is 2.27. The molecule has 3 N–H and O–H groups in total. The van der Waals surface area contributed by atoms with E-state index in [1.165, 1.54) is 24.5 Å². The maximum atomic E-state index is 12.2. The molecule has 0 radical (unpaired) electrons. The molecule has 1 aromatic rings. The largest absolute Gasteiger partial charge is 0.397 e. The van der Waals surface area contributed by atoms with Crippen LogP contribution in [0.3, 0.4) is 0 Å². The molecule has 2 unspecified atom stereocenters. The van der Waals surface area contributed by atoms with Crippen molar-refractivity contribution in [1.29, 1.82) is 0 Å². The number of ether oxygens (including phenoxy) is 1. The highest BCUT2D eigenvalue weighted by atomic mass is 32.2. The van der Waals surface area contributed by atoms with Crippen molar-refractivity contribution in [2.75, 3.05) is 38.4 Å². The number of benzene rings is 1. The SMILES string of the molecule is CC(Nc1cc(S(=O)(=O)N(C)C)ccc1N)C1CCOC1. The molecule has 2 rings (SSSR count). The average molecular weight is 313 g/mol. The Morgan fingerprint density at radius 3 is 2.71 bits per heavy atom. The van der Waals surface area contributed by atoms with E-state index in [0.29, 0.717) is 17.3 Å². The lowest BCUT2D eigenvalue weighted by atomic mass is 10.0. The third-order valence-electron chi connectivity index (χ3n) is 3.86. The molecule has 0 bridgehead atoms. The first-order valence-corrected chi connectivity index (χ1v) is 8.42. The van der Waals surface area contributed by atoms with Gasteiger partial charge >= 0.3 is 0 Å². The zero-order chi connectivity index (χ0) is 15.6. The van der Waals surface area contributed by atoms with Crippen LogP contribution in [0.1, 0.15) is 13.3 Å². The third-order valence-corrected chi connectivity index (χ3v) is 5.67. The molecule has 118 valence electrons. The minimum Gasteiger partial charge on any atom is -0.397 e. The zero-order valence-electron chi connectivity index (χ0n) is 12.7. The Labute approximate surface area is 126 Å². The van der Waals surface area contributed by atoms with Crippen molar-refractivity contribution in [1.82, 2.24) is 4.31 Å². The summed E-state index contributed by atoms with van der Waals surface area (Å²) in [7, 11) is -0.436. The Kier molecular flexibility index (Phi) is 4.75. The van der Waals surface area contributed by atoms with E-state index in [0.717, 1.165) is 19.6 Å². The van der Waals surface area contributed by atoms with Crippen LogP contribution in [-0.4, -0.2) is 46.1 Å². The predicted octanol–water partition coefficient (Wildman–Crippen LogP) is 1.36. The van der Waals surface area contributed by atoms with Gasteiger partial charge in [-0.1, -0.05) is 0 Å². The molecule has 0 amide bonds. The maximum absolute atomic E-state index is 12.2. The molecule has 0 aliphatic carbocycles. The fourth-order valence-electron chi connectivity index (χ4n) is 2.34. The molecule has 1 aliphatic heterocycles. The fourth-order valence-corrected chi connectivity index (χ4v) is 3.27. The molecule has 1 heterocycles. The number of anilines is 2. The van der Waals surface area contributed by atoms with E-state index in [4.69, 9.17) is 10.5 Å². The van der Waals surface area contributed by atoms with Gasteiger partial charge in [-0.05, 0) is 31.5 Å². The zero-order valence-corrected chi connectivity index (χ0v) is 13.5. The summed E-state index contributed by atoms with van der Waals surface area (Å²) in [6.07, 6.45) is 1.00. The molecule has 21 heavy (non-hydrogen) atoms. The van der Waals surface area contributed by atoms with Crippen LogP contribution >= 0.6 is 0 Å². The van der Waals surface area contributed by atoms with Gasteiger partial charge in [-0.3, -0.25) is 0 Å². The number of nitrogens with two attached hydrogens (primary N) is 1. The summed E-state index contributed by atoms with van der Waals surface area (Å²) in [5, 5.41) is 3.32. The van der Waals surface area contributed by atoms with Crippen LogP contribution in [0.25, 0.3) is 0 Å². The van der Waals surface area contributed by atoms with Crippen LogP contribution in [0.2, 0.25) is 0 Å². The lowest BCUT2D eigenvalue weighted by Gasteiger charge is -2.22. The highest BCUT2D eigenvalue weighted by Gasteiger charge is 2.24. The van der Waals surface area contributed by atoms with Gasteiger partial charge in [0, 0.05) is 32.7 Å². The van der Waals surface area contributed by atoms with E-state index in [1.807, 2.05) is 0 Å². The monoisotopic (exact) mass is 313 g/mol. The van der Waals surface area contributed by atoms with Gasteiger partial charge in [0.2, 0.25) is 10.0 Å². The van der Waals surface area contributed by atoms with Gasteiger partial charge in [0.25, 0.3) is 0 Å². The van der Waals surface area contributed by atoms with Gasteiger partial charge in [0.15, 0.2) is 0 Å². The first-order valence-electron chi connectivity index (χ1n) is 6.98. The molecule has 0 aromatic heterocycles. The van der Waals surface area contributed by atoms with E-state index in [-0.39, 0.29) is 10.9 Å². The Bertz CT molecular complexity index is 595. The average Bonchev–Trinajstić information content (AvgIpc) is 2.94. The van der Waals surface area contributed by atoms with Gasteiger partial charge in [0.05, 0.1) is 22.9 Å². The van der Waals surface area contributed by atoms with Crippen molar-refractivity contribution in [3.8, 4) is 0 Å². The topological polar surface area (TPSA) is 84.7 Å². The van der Waals surface area contributed by atoms with Gasteiger partial charge in [-0.15, -0.1) is 0 Å². The van der Waals surface area contributed by atoms with Crippen LogP contribution in [0.15, 0.2) is 23.1 Å². The first-order chi connectivity index (χ1) is 9.82. The Balaban J connectivity index is 2.23. The summed E-state index contributed by atoms with van der Waals surface area (Å²) in [5.41, 5.74) is 7.14. The fraction of sp³-hybridized carbons (Fsp3) is 0.571. The number of hydrogen-bond donors (Lipinski definition) is 2. The van der Waals surface area contributed by atoms with Crippen LogP contribution in [0, 0.1) is 5.92 Å². The van der Waals surface area contributed by atoms with Crippen LogP contribution < -0.4 is 11.1 Å². The molecule has 0 saturated carbocycles. The molecular weight excluding hydrogens is 290 g/mol. The van der Waals surface area contributed by atoms with E-state index < -0.39 is 10.0 Å². The van der Waals surface area contributed by atoms with Crippen molar-refractivity contribution >= 4 is 21.4 Å². The molecule has 1 aliphatic rings. The summed E-state index contributed by atoms with van der Waals surface area (Å²) < 4.78 is 30.9. The summed E-state index contributed by atoms with van der Waals surface area (Å²) in [6, 6.07) is 4.92. The normalized spacial score (nSPS) is 20.7. The molecular formula is C14H23N3O3S. The second-order valence-electron chi connectivity index (χ2n) is 5.59. The maximum Gasteiger partial charge on any atom is 0.242 e. The number of nitrogens with one attached hydrogen (secondary N) is 1. The van der Waals surface area contributed by atoms with E-state index >= 15 is 0 Å². The van der Waals surface area contributed by atoms with Crippen molar-refractivity contribution in [2.24, 2.45) is 5.92 Å². The lowest BCUT2D eigenvalue weighted by Crippen LogP contribution is -2.27. The lowest BCUT2D eigenvalue weighted by molar-refractivity contribution is 0.183. The molecule has 6 nitrogen and oxygen atoms in total. The Morgan fingerprint density at radius 2 is 2.14 bits per heavy atom. The minimum atomic E-state index is -3.46. The highest BCUT2D eigenvalue weighted by molar-refractivity contribution is 7.89. The number of sulfonamides is 1. The first kappa shape index (κ1) is 16.1. The third kappa shape index (κ3) is 3.48. The number of rotatable bonds is 5. The second kappa shape index (κ2) is 6.21. The second-order valence-corrected chi connectivity index (χ2v) is 7.75. The predicted molar refractivity (Wildman–Crippen MR) is 83.7 cm³/mol. The molecule has 0 spiro atoms. The molecule has 1 saturated heterocycles. The smallest absolute Gasteiger partial charge is 0.242 e. The Morgan fingerprint density at radius 1 is 1.43 bits per heavy atom. The van der Waals surface area contributed by atoms with Gasteiger partial charge in [0.1, 0.15) is 0 Å². The molecule has 1 aromatic carbocycles. The summed E-state index contributed by atoms with van der Waals surface area (Å²) >= 11 is 0. The van der Waals surface area contributed by atoms with Gasteiger partial charge in [-0.2, -0.15) is 0 Å². The van der Waals surface area contributed by atoms with E-state index in [2.05, 4.69) is 12.2 Å². The van der Waals surface area contributed by atoms with Crippen molar-refractivity contribution < 1.29 is 13.2 Å². The standard InChI is InChI=1S/C14H23N3O3S/c1-10(11-6-7-20-9-11)16-14-8-12(4-5-13(14)15)21(18,19)17(2)3/h4-5,8,10-11,16H,6-7,9,15H2,1-3H3. The van der Waals surface area contributed by atoms with Gasteiger partial charge < -0.3 is 15.8 Å². The van der Waals surface area contributed by atoms with Crippen molar-refractivity contribution in [3.63, 3.8) is 0 Å². The molecule has 7 heteroatoms. The minimum absolute atomic E-state index is 0.173. The molecule has 2 atom stereocenters. The van der Waals surface area contributed by atoms with E-state index in [9.17, 15) is 8.42 Å². The number of hydrogen-bond acceptors (Lipinski definition) is 5. The van der Waals surface area contributed by atoms with Crippen LogP contribution in [0.5, 0.6) is 0 Å². The quantitative estimate of drug-likeness (QED) is 0.802. The van der Waals surface area contributed by atoms with E-state index in [1.54, 1.807) is 12.1 Å². The summed E-state index contributed by atoms with van der Waals surface area (Å²) in [6.45, 7) is 3.57. The van der Waals surface area contributed by atoms with Crippen molar-refractivity contribution in [3.05, 3.63) is 18.2 Å². The van der Waals surface area contributed by atoms with Crippen LogP contribution in [-0.2, 0) is 14.8 Å². The number of nitrogen functional groups attached to an aromatic ring is 1. The van der Waals surface area contributed by atoms with Gasteiger partial charge in [-0.25, -0.2) is 12.7 Å². The number of nitrogens with zero attached hydrogens (tertiary/aromatic N) is 1. The molecule has 1 fully saturated rings. The van der Waals surface area contributed by atoms with Crippen molar-refractivity contribution in [2.45, 2.75) is 24.3 Å². The Hall–Kier alpha value is -1.31. The summed E-state index contributed by atoms with van der Waals surface area (Å²) in [5.74, 6) is 0.415.